The summed E-state index contributed by atoms with van der Waals surface area (Å²) in [4.78, 5) is 4.48. The van der Waals surface area contributed by atoms with Crippen molar-refractivity contribution in [3.05, 3.63) is 35.4 Å². The van der Waals surface area contributed by atoms with Crippen LogP contribution >= 0.6 is 0 Å². The van der Waals surface area contributed by atoms with E-state index in [1.807, 2.05) is 24.4 Å². The van der Waals surface area contributed by atoms with Gasteiger partial charge in [-0.25, -0.2) is 0 Å². The number of methoxy groups -OCH3 is 1. The van der Waals surface area contributed by atoms with Gasteiger partial charge in [-0.15, -0.1) is 0 Å². The summed E-state index contributed by atoms with van der Waals surface area (Å²) >= 11 is 0. The van der Waals surface area contributed by atoms with E-state index in [0.29, 0.717) is 6.42 Å². The van der Waals surface area contributed by atoms with Gasteiger partial charge in [-0.05, 0) is 18.6 Å². The maximum atomic E-state index is 9.90. The van der Waals surface area contributed by atoms with E-state index in [9.17, 15) is 5.11 Å². The van der Waals surface area contributed by atoms with Gasteiger partial charge >= 0.3 is 0 Å². The molecular weight excluding hydrogens is 254 g/mol. The summed E-state index contributed by atoms with van der Waals surface area (Å²) in [6, 6.07) is 3.97. The molecule has 1 N–H and O–H groups in total. The van der Waals surface area contributed by atoms with Crippen molar-refractivity contribution in [3.63, 3.8) is 0 Å². The zero-order valence-corrected chi connectivity index (χ0v) is 11.4. The normalized spacial score (nSPS) is 33.1. The van der Waals surface area contributed by atoms with Crippen LogP contribution in [0.4, 0.5) is 0 Å². The van der Waals surface area contributed by atoms with Crippen LogP contribution in [0.5, 0.6) is 11.5 Å². The Morgan fingerprint density at radius 2 is 2.35 bits per heavy atom. The van der Waals surface area contributed by atoms with E-state index >= 15 is 0 Å². The van der Waals surface area contributed by atoms with E-state index < -0.39 is 6.10 Å². The zero-order chi connectivity index (χ0) is 13.7. The van der Waals surface area contributed by atoms with Gasteiger partial charge in [0.2, 0.25) is 0 Å². The SMILES string of the molecule is COc1ccc2c3c1O[C@H]1C[C@@H](O)C=C[C@@]31CCN=C2. The lowest BCUT2D eigenvalue weighted by Crippen LogP contribution is -2.42. The van der Waals surface area contributed by atoms with E-state index in [1.165, 1.54) is 5.56 Å². The molecule has 3 aliphatic rings. The molecule has 4 heteroatoms. The minimum absolute atomic E-state index is 0.0331. The van der Waals surface area contributed by atoms with Crippen LogP contribution in [-0.2, 0) is 5.41 Å². The molecule has 0 saturated heterocycles. The lowest BCUT2D eigenvalue weighted by atomic mass is 9.69. The molecule has 0 radical (unpaired) electrons. The van der Waals surface area contributed by atoms with Gasteiger partial charge in [0.15, 0.2) is 11.5 Å². The molecule has 4 nitrogen and oxygen atoms in total. The second-order valence-corrected chi connectivity index (χ2v) is 5.66. The minimum atomic E-state index is -0.432. The molecule has 1 aliphatic carbocycles. The number of nitrogens with zero attached hydrogens (tertiary/aromatic N) is 1. The first-order valence-corrected chi connectivity index (χ1v) is 7.00. The lowest BCUT2D eigenvalue weighted by Gasteiger charge is -2.35. The van der Waals surface area contributed by atoms with Gasteiger partial charge in [0.1, 0.15) is 6.10 Å². The Morgan fingerprint density at radius 3 is 3.20 bits per heavy atom. The van der Waals surface area contributed by atoms with Crippen molar-refractivity contribution in [1.82, 2.24) is 0 Å². The quantitative estimate of drug-likeness (QED) is 0.793. The molecular formula is C16H17NO3. The third-order valence-corrected chi connectivity index (χ3v) is 4.63. The highest BCUT2D eigenvalue weighted by Crippen LogP contribution is 2.54. The summed E-state index contributed by atoms with van der Waals surface area (Å²) in [7, 11) is 1.66. The Bertz CT molecular complexity index is 622. The molecule has 4 rings (SSSR count). The first-order chi connectivity index (χ1) is 9.74. The van der Waals surface area contributed by atoms with Crippen molar-refractivity contribution in [2.75, 3.05) is 13.7 Å². The molecule has 1 aromatic rings. The fourth-order valence-electron chi connectivity index (χ4n) is 3.66. The second-order valence-electron chi connectivity index (χ2n) is 5.66. The predicted octanol–water partition coefficient (Wildman–Crippen LogP) is 1.84. The molecule has 0 bridgehead atoms. The Balaban J connectivity index is 1.98. The van der Waals surface area contributed by atoms with Crippen molar-refractivity contribution >= 4 is 6.21 Å². The van der Waals surface area contributed by atoms with E-state index in [4.69, 9.17) is 9.47 Å². The molecule has 2 heterocycles. The van der Waals surface area contributed by atoms with Gasteiger partial charge in [0.05, 0.1) is 18.6 Å². The number of hydrogen-bond donors (Lipinski definition) is 1. The number of benzene rings is 1. The van der Waals surface area contributed by atoms with Crippen molar-refractivity contribution in [3.8, 4) is 11.5 Å². The first-order valence-electron chi connectivity index (χ1n) is 7.00. The highest BCUT2D eigenvalue weighted by atomic mass is 16.5. The standard InChI is InChI=1S/C16H17NO3/c1-19-12-3-2-10-9-17-7-6-16-5-4-11(18)8-13(16)20-15(12)14(10)16/h2-5,9,11,13,18H,6-8H2,1H3/t11-,13-,16-/m0/s1. The average molecular weight is 271 g/mol. The number of aliphatic hydroxyl groups excluding tert-OH is 1. The summed E-state index contributed by atoms with van der Waals surface area (Å²) in [5.41, 5.74) is 2.10. The van der Waals surface area contributed by atoms with Gasteiger partial charge < -0.3 is 14.6 Å². The van der Waals surface area contributed by atoms with E-state index in [1.54, 1.807) is 7.11 Å². The highest BCUT2D eigenvalue weighted by molar-refractivity contribution is 5.86. The Labute approximate surface area is 117 Å². The Hall–Kier alpha value is -1.81. The zero-order valence-electron chi connectivity index (χ0n) is 11.4. The number of hydrogen-bond acceptors (Lipinski definition) is 4. The van der Waals surface area contributed by atoms with E-state index in [-0.39, 0.29) is 11.5 Å². The maximum Gasteiger partial charge on any atom is 0.166 e. The molecule has 2 aliphatic heterocycles. The summed E-state index contributed by atoms with van der Waals surface area (Å²) < 4.78 is 11.6. The molecule has 104 valence electrons. The predicted molar refractivity (Wildman–Crippen MR) is 75.9 cm³/mol. The van der Waals surface area contributed by atoms with Crippen LogP contribution in [0.3, 0.4) is 0 Å². The van der Waals surface area contributed by atoms with Crippen molar-refractivity contribution in [2.45, 2.75) is 30.5 Å². The number of aliphatic hydroxyl groups is 1. The van der Waals surface area contributed by atoms with E-state index in [2.05, 4.69) is 11.1 Å². The van der Waals surface area contributed by atoms with Gasteiger partial charge in [-0.1, -0.05) is 12.2 Å². The van der Waals surface area contributed by atoms with Crippen LogP contribution in [0.25, 0.3) is 0 Å². The van der Waals surface area contributed by atoms with Gasteiger partial charge in [-0.3, -0.25) is 4.99 Å². The largest absolute Gasteiger partial charge is 0.493 e. The molecule has 0 saturated carbocycles. The molecule has 20 heavy (non-hydrogen) atoms. The van der Waals surface area contributed by atoms with Gasteiger partial charge in [-0.2, -0.15) is 0 Å². The van der Waals surface area contributed by atoms with Crippen LogP contribution in [0.1, 0.15) is 24.0 Å². The summed E-state index contributed by atoms with van der Waals surface area (Å²) in [5.74, 6) is 1.58. The number of aliphatic imine (C=N–C) groups is 1. The molecule has 0 amide bonds. The summed E-state index contributed by atoms with van der Waals surface area (Å²) in [6.07, 6.45) is 7.00. The average Bonchev–Trinajstić information content (AvgIpc) is 2.66. The molecule has 0 unspecified atom stereocenters. The summed E-state index contributed by atoms with van der Waals surface area (Å²) in [6.45, 7) is 0.775. The molecule has 3 atom stereocenters. The monoisotopic (exact) mass is 271 g/mol. The second kappa shape index (κ2) is 4.09. The smallest absolute Gasteiger partial charge is 0.166 e. The summed E-state index contributed by atoms with van der Waals surface area (Å²) in [5, 5.41) is 9.90. The van der Waals surface area contributed by atoms with Gasteiger partial charge in [0, 0.05) is 30.3 Å². The topological polar surface area (TPSA) is 51.0 Å². The molecule has 1 spiro atoms. The van der Waals surface area contributed by atoms with Crippen LogP contribution < -0.4 is 9.47 Å². The van der Waals surface area contributed by atoms with Crippen LogP contribution in [-0.4, -0.2) is 37.2 Å². The minimum Gasteiger partial charge on any atom is -0.493 e. The Kier molecular flexibility index (Phi) is 2.45. The maximum absolute atomic E-state index is 9.90. The number of rotatable bonds is 1. The van der Waals surface area contributed by atoms with Crippen molar-refractivity contribution < 1.29 is 14.6 Å². The van der Waals surface area contributed by atoms with Crippen LogP contribution in [0.2, 0.25) is 0 Å². The van der Waals surface area contributed by atoms with Crippen molar-refractivity contribution in [2.24, 2.45) is 4.99 Å². The fourth-order valence-corrected chi connectivity index (χ4v) is 3.66. The number of ether oxygens (including phenoxy) is 2. The third kappa shape index (κ3) is 1.43. The molecule has 0 fully saturated rings. The first kappa shape index (κ1) is 12.0. The molecule has 0 aromatic heterocycles. The fraction of sp³-hybridized carbons (Fsp3) is 0.438. The third-order valence-electron chi connectivity index (χ3n) is 4.63. The Morgan fingerprint density at radius 1 is 1.45 bits per heavy atom. The lowest BCUT2D eigenvalue weighted by molar-refractivity contribution is 0.0856. The van der Waals surface area contributed by atoms with Crippen molar-refractivity contribution in [1.29, 1.82) is 0 Å². The highest BCUT2D eigenvalue weighted by Gasteiger charge is 2.51. The molecule has 1 aromatic carbocycles. The van der Waals surface area contributed by atoms with Crippen LogP contribution in [0, 0.1) is 0 Å². The van der Waals surface area contributed by atoms with E-state index in [0.717, 1.165) is 30.0 Å². The van der Waals surface area contributed by atoms with Crippen LogP contribution in [0.15, 0.2) is 29.3 Å². The van der Waals surface area contributed by atoms with Gasteiger partial charge in [0.25, 0.3) is 0 Å².